The van der Waals surface area contributed by atoms with Crippen LogP contribution in [0.25, 0.3) is 16.6 Å². The molecule has 0 spiro atoms. The van der Waals surface area contributed by atoms with E-state index in [0.29, 0.717) is 40.5 Å². The normalized spacial score (nSPS) is 11.9. The molecule has 8 heteroatoms. The average Bonchev–Trinajstić information content (AvgIpc) is 2.92. The number of para-hydroxylation sites is 2. The van der Waals surface area contributed by atoms with Gasteiger partial charge in [0.15, 0.2) is 0 Å². The maximum atomic E-state index is 13.8. The van der Waals surface area contributed by atoms with E-state index in [1.54, 1.807) is 48.0 Å². The van der Waals surface area contributed by atoms with E-state index < -0.39 is 6.04 Å². The smallest absolute Gasteiger partial charge is 0.322 e. The summed E-state index contributed by atoms with van der Waals surface area (Å²) in [5.41, 5.74) is 2.60. The fraction of sp³-hybridized carbons (Fsp3) is 0.300. The fourth-order valence-electron chi connectivity index (χ4n) is 4.52. The van der Waals surface area contributed by atoms with Gasteiger partial charge in [0.1, 0.15) is 17.3 Å². The number of anilines is 1. The number of aryl methyl sites for hydroxylation is 1. The fourth-order valence-corrected chi connectivity index (χ4v) is 4.52. The Kier molecular flexibility index (Phi) is 8.00. The van der Waals surface area contributed by atoms with Crippen molar-refractivity contribution >= 4 is 22.6 Å². The van der Waals surface area contributed by atoms with E-state index in [9.17, 15) is 9.59 Å². The summed E-state index contributed by atoms with van der Waals surface area (Å²) in [6.45, 7) is 8.40. The van der Waals surface area contributed by atoms with Crippen LogP contribution in [-0.4, -0.2) is 41.2 Å². The van der Waals surface area contributed by atoms with Gasteiger partial charge in [-0.05, 0) is 55.7 Å². The van der Waals surface area contributed by atoms with Crippen molar-refractivity contribution in [3.8, 4) is 17.2 Å². The molecule has 0 aliphatic heterocycles. The molecule has 38 heavy (non-hydrogen) atoms. The minimum Gasteiger partial charge on any atom is -0.497 e. The molecule has 1 aromatic heterocycles. The molecule has 198 valence electrons. The summed E-state index contributed by atoms with van der Waals surface area (Å²) in [6, 6.07) is 19.3. The maximum absolute atomic E-state index is 13.8. The van der Waals surface area contributed by atoms with E-state index in [1.807, 2.05) is 70.2 Å². The van der Waals surface area contributed by atoms with Crippen molar-refractivity contribution in [1.29, 1.82) is 0 Å². The van der Waals surface area contributed by atoms with Gasteiger partial charge < -0.3 is 19.7 Å². The van der Waals surface area contributed by atoms with E-state index in [-0.39, 0.29) is 17.5 Å². The van der Waals surface area contributed by atoms with Gasteiger partial charge in [-0.2, -0.15) is 0 Å². The summed E-state index contributed by atoms with van der Waals surface area (Å²) >= 11 is 0. The van der Waals surface area contributed by atoms with Crippen LogP contribution in [0.4, 0.5) is 10.5 Å². The van der Waals surface area contributed by atoms with Crippen LogP contribution in [0.15, 0.2) is 71.5 Å². The first-order chi connectivity index (χ1) is 18.2. The van der Waals surface area contributed by atoms with Gasteiger partial charge in [-0.1, -0.05) is 44.2 Å². The molecule has 4 aromatic rings. The lowest BCUT2D eigenvalue weighted by atomic mass is 10.1. The molecular formula is C30H34N4O4. The summed E-state index contributed by atoms with van der Waals surface area (Å²) in [7, 11) is 3.11. The number of methoxy groups -OCH3 is 2. The third kappa shape index (κ3) is 5.34. The Bertz CT molecular complexity index is 1510. The Morgan fingerprint density at radius 3 is 2.39 bits per heavy atom. The highest BCUT2D eigenvalue weighted by Gasteiger charge is 2.28. The lowest BCUT2D eigenvalue weighted by molar-refractivity contribution is 0.179. The Balaban J connectivity index is 1.83. The molecule has 2 amide bonds. The Morgan fingerprint density at radius 1 is 1.00 bits per heavy atom. The number of aromatic nitrogens is 2. The molecule has 0 saturated heterocycles. The highest BCUT2D eigenvalue weighted by molar-refractivity contribution is 5.91. The van der Waals surface area contributed by atoms with Gasteiger partial charge in [0.05, 0.1) is 42.5 Å². The number of fused-ring (bicyclic) bond motifs is 1. The predicted octanol–water partition coefficient (Wildman–Crippen LogP) is 5.96. The summed E-state index contributed by atoms with van der Waals surface area (Å²) in [6.07, 6.45) is 0. The second-order valence-corrected chi connectivity index (χ2v) is 9.63. The predicted molar refractivity (Wildman–Crippen MR) is 151 cm³/mol. The van der Waals surface area contributed by atoms with Crippen LogP contribution in [0.3, 0.4) is 0 Å². The van der Waals surface area contributed by atoms with Gasteiger partial charge in [0.2, 0.25) is 0 Å². The molecule has 1 unspecified atom stereocenters. The number of ether oxygens (including phenoxy) is 2. The zero-order valence-electron chi connectivity index (χ0n) is 22.7. The maximum Gasteiger partial charge on any atom is 0.322 e. The highest BCUT2D eigenvalue weighted by Crippen LogP contribution is 2.31. The number of urea groups is 1. The van der Waals surface area contributed by atoms with Crippen molar-refractivity contribution in [2.45, 2.75) is 33.7 Å². The van der Waals surface area contributed by atoms with Crippen LogP contribution in [0.5, 0.6) is 11.5 Å². The number of nitrogens with zero attached hydrogens (tertiary/aromatic N) is 3. The van der Waals surface area contributed by atoms with Crippen LogP contribution in [0.1, 0.15) is 38.2 Å². The van der Waals surface area contributed by atoms with Crippen LogP contribution < -0.4 is 20.3 Å². The molecule has 0 bridgehead atoms. The van der Waals surface area contributed by atoms with Gasteiger partial charge >= 0.3 is 6.03 Å². The number of hydrogen-bond donors (Lipinski definition) is 1. The minimum absolute atomic E-state index is 0.167. The monoisotopic (exact) mass is 514 g/mol. The zero-order chi connectivity index (χ0) is 27.4. The molecule has 4 rings (SSSR count). The van der Waals surface area contributed by atoms with Gasteiger partial charge in [0, 0.05) is 12.6 Å². The Labute approximate surface area is 222 Å². The third-order valence-electron chi connectivity index (χ3n) is 6.47. The first kappa shape index (κ1) is 26.7. The van der Waals surface area contributed by atoms with Crippen molar-refractivity contribution in [3.63, 3.8) is 0 Å². The van der Waals surface area contributed by atoms with Crippen LogP contribution >= 0.6 is 0 Å². The van der Waals surface area contributed by atoms with E-state index in [2.05, 4.69) is 5.32 Å². The Hall–Kier alpha value is -4.33. The molecule has 1 N–H and O–H groups in total. The number of carbonyl (C=O) groups excluding carboxylic acids is 1. The van der Waals surface area contributed by atoms with E-state index in [1.165, 1.54) is 0 Å². The highest BCUT2D eigenvalue weighted by atomic mass is 16.5. The summed E-state index contributed by atoms with van der Waals surface area (Å²) in [4.78, 5) is 34.2. The second-order valence-electron chi connectivity index (χ2n) is 9.63. The van der Waals surface area contributed by atoms with E-state index >= 15 is 0 Å². The number of benzene rings is 3. The number of nitrogens with one attached hydrogen (secondary N) is 1. The van der Waals surface area contributed by atoms with Crippen molar-refractivity contribution in [3.05, 3.63) is 88.5 Å². The van der Waals surface area contributed by atoms with Crippen molar-refractivity contribution in [2.75, 3.05) is 26.1 Å². The van der Waals surface area contributed by atoms with E-state index in [4.69, 9.17) is 14.5 Å². The van der Waals surface area contributed by atoms with Crippen molar-refractivity contribution < 1.29 is 14.3 Å². The zero-order valence-corrected chi connectivity index (χ0v) is 22.7. The van der Waals surface area contributed by atoms with Gasteiger partial charge in [0.25, 0.3) is 5.56 Å². The van der Waals surface area contributed by atoms with Gasteiger partial charge in [-0.25, -0.2) is 9.78 Å². The number of carbonyl (C=O) groups is 1. The lowest BCUT2D eigenvalue weighted by Crippen LogP contribution is -2.42. The van der Waals surface area contributed by atoms with Crippen LogP contribution in [-0.2, 0) is 0 Å². The van der Waals surface area contributed by atoms with Gasteiger partial charge in [-0.3, -0.25) is 9.36 Å². The van der Waals surface area contributed by atoms with Crippen LogP contribution in [0, 0.1) is 12.8 Å². The first-order valence-electron chi connectivity index (χ1n) is 12.6. The van der Waals surface area contributed by atoms with Crippen LogP contribution in [0.2, 0.25) is 0 Å². The molecule has 1 heterocycles. The largest absolute Gasteiger partial charge is 0.497 e. The SMILES string of the molecule is COc1ccc(NC(=O)N(CC(C)C)C(C)c2nc3ccccc3c(=O)n2-c2ccccc2C)c(OC)c1. The van der Waals surface area contributed by atoms with Crippen molar-refractivity contribution in [2.24, 2.45) is 5.92 Å². The van der Waals surface area contributed by atoms with E-state index in [0.717, 1.165) is 11.3 Å². The molecule has 0 saturated carbocycles. The second kappa shape index (κ2) is 11.4. The van der Waals surface area contributed by atoms with Crippen molar-refractivity contribution in [1.82, 2.24) is 14.5 Å². The summed E-state index contributed by atoms with van der Waals surface area (Å²) in [5, 5.41) is 3.51. The number of hydrogen-bond acceptors (Lipinski definition) is 5. The molecular weight excluding hydrogens is 480 g/mol. The standard InChI is InChI=1S/C30H34N4O4/c1-19(2)18-33(30(36)32-25-16-15-22(37-5)17-27(25)38-6)21(4)28-31-24-13-9-8-12-23(24)29(35)34(28)26-14-10-7-11-20(26)3/h7-17,19,21H,18H2,1-6H3,(H,32,36). The topological polar surface area (TPSA) is 85.7 Å². The number of rotatable bonds is 8. The van der Waals surface area contributed by atoms with Gasteiger partial charge in [-0.15, -0.1) is 0 Å². The molecule has 8 nitrogen and oxygen atoms in total. The quantitative estimate of drug-likeness (QED) is 0.313. The molecule has 0 radical (unpaired) electrons. The molecule has 0 fully saturated rings. The summed E-state index contributed by atoms with van der Waals surface area (Å²) in [5.74, 6) is 1.76. The summed E-state index contributed by atoms with van der Waals surface area (Å²) < 4.78 is 12.4. The first-order valence-corrected chi connectivity index (χ1v) is 12.6. The molecule has 0 aliphatic rings. The molecule has 3 aromatic carbocycles. The Morgan fingerprint density at radius 2 is 1.71 bits per heavy atom. The lowest BCUT2D eigenvalue weighted by Gasteiger charge is -2.32. The minimum atomic E-state index is -0.529. The molecule has 0 aliphatic carbocycles. The third-order valence-corrected chi connectivity index (χ3v) is 6.47. The average molecular weight is 515 g/mol. The number of amides is 2. The molecule has 1 atom stereocenters.